The van der Waals surface area contributed by atoms with Gasteiger partial charge in [0.25, 0.3) is 0 Å². The minimum Gasteiger partial charge on any atom is -0.461 e. The summed E-state index contributed by atoms with van der Waals surface area (Å²) in [4.78, 5) is 23.0. The number of rotatable bonds is 8. The second-order valence-electron chi connectivity index (χ2n) is 9.51. The highest BCUT2D eigenvalue weighted by molar-refractivity contribution is 8.16. The third-order valence-electron chi connectivity index (χ3n) is 6.66. The summed E-state index contributed by atoms with van der Waals surface area (Å²) in [6.07, 6.45) is 7.79. The van der Waals surface area contributed by atoms with E-state index in [1.807, 2.05) is 30.4 Å². The summed E-state index contributed by atoms with van der Waals surface area (Å²) in [5, 5.41) is 0. The topological polar surface area (TPSA) is 52.6 Å². The Morgan fingerprint density at radius 3 is 2.52 bits per heavy atom. The summed E-state index contributed by atoms with van der Waals surface area (Å²) in [6, 6.07) is 4.57. The maximum atomic E-state index is 11.9. The summed E-state index contributed by atoms with van der Waals surface area (Å²) < 4.78 is 11.3. The predicted octanol–water partition coefficient (Wildman–Crippen LogP) is 7.39. The zero-order chi connectivity index (χ0) is 24.0. The van der Waals surface area contributed by atoms with Crippen molar-refractivity contribution in [3.8, 4) is 5.75 Å². The number of fused-ring (bicyclic) bond motifs is 1. The van der Waals surface area contributed by atoms with Crippen LogP contribution < -0.4 is 4.74 Å². The van der Waals surface area contributed by atoms with Gasteiger partial charge in [-0.2, -0.15) is 0 Å². The monoisotopic (exact) mass is 490 g/mol. The lowest BCUT2D eigenvalue weighted by Gasteiger charge is -2.36. The molecule has 1 aromatic rings. The van der Waals surface area contributed by atoms with E-state index in [0.717, 1.165) is 30.6 Å². The van der Waals surface area contributed by atoms with Gasteiger partial charge in [-0.3, -0.25) is 9.59 Å². The van der Waals surface area contributed by atoms with E-state index in [-0.39, 0.29) is 11.9 Å². The van der Waals surface area contributed by atoms with Crippen molar-refractivity contribution < 1.29 is 19.1 Å². The van der Waals surface area contributed by atoms with E-state index >= 15 is 0 Å². The highest BCUT2D eigenvalue weighted by Crippen LogP contribution is 2.51. The molecule has 3 atom stereocenters. The van der Waals surface area contributed by atoms with Gasteiger partial charge in [-0.05, 0) is 91.1 Å². The number of thioether (sulfide) groups is 2. The van der Waals surface area contributed by atoms with Crippen LogP contribution in [0.15, 0.2) is 23.8 Å². The SMILES string of the molecule is CC(=O)OC/C(C)=C/CC[C@@H](C)[C@H]1CC[C@H](C)c2c(OC(C)=O)cc(C3SCCCS3)cc21. The molecule has 3 rings (SSSR count). The first kappa shape index (κ1) is 26.2. The second-order valence-corrected chi connectivity index (χ2v) is 12.2. The first-order chi connectivity index (χ1) is 15.8. The Morgan fingerprint density at radius 1 is 1.12 bits per heavy atom. The van der Waals surface area contributed by atoms with Crippen LogP contribution in [0, 0.1) is 5.92 Å². The second kappa shape index (κ2) is 12.3. The van der Waals surface area contributed by atoms with Crippen LogP contribution in [0.25, 0.3) is 0 Å². The fourth-order valence-corrected chi connectivity index (χ4v) is 7.80. The summed E-state index contributed by atoms with van der Waals surface area (Å²) in [5.41, 5.74) is 5.02. The third kappa shape index (κ3) is 7.29. The Hall–Kier alpha value is -1.40. The maximum Gasteiger partial charge on any atom is 0.308 e. The van der Waals surface area contributed by atoms with Crippen molar-refractivity contribution in [1.82, 2.24) is 0 Å². The van der Waals surface area contributed by atoms with E-state index in [1.165, 1.54) is 54.9 Å². The van der Waals surface area contributed by atoms with E-state index in [9.17, 15) is 9.59 Å². The molecule has 0 N–H and O–H groups in total. The molecule has 0 radical (unpaired) electrons. The van der Waals surface area contributed by atoms with Gasteiger partial charge in [0, 0.05) is 19.4 Å². The molecule has 1 aromatic carbocycles. The molecule has 1 aliphatic heterocycles. The molecule has 1 aliphatic carbocycles. The quantitative estimate of drug-likeness (QED) is 0.215. The van der Waals surface area contributed by atoms with Crippen molar-refractivity contribution >= 4 is 35.5 Å². The number of carbonyl (C=O) groups excluding carboxylic acids is 2. The molecule has 4 nitrogen and oxygen atoms in total. The predicted molar refractivity (Wildman–Crippen MR) is 139 cm³/mol. The minimum atomic E-state index is -0.242. The van der Waals surface area contributed by atoms with Crippen molar-refractivity contribution in [3.05, 3.63) is 40.5 Å². The number of ether oxygens (including phenoxy) is 2. The van der Waals surface area contributed by atoms with E-state index in [1.54, 1.807) is 0 Å². The lowest BCUT2D eigenvalue weighted by Crippen LogP contribution is -2.21. The first-order valence-corrected chi connectivity index (χ1v) is 14.2. The van der Waals surface area contributed by atoms with Crippen molar-refractivity contribution in [3.63, 3.8) is 0 Å². The van der Waals surface area contributed by atoms with Crippen LogP contribution in [0.1, 0.15) is 99.8 Å². The van der Waals surface area contributed by atoms with Crippen LogP contribution in [0.5, 0.6) is 5.75 Å². The molecule has 0 aromatic heterocycles. The van der Waals surface area contributed by atoms with Gasteiger partial charge < -0.3 is 9.47 Å². The molecular formula is C27H38O4S2. The van der Waals surface area contributed by atoms with Crippen LogP contribution in [0.4, 0.5) is 0 Å². The summed E-state index contributed by atoms with van der Waals surface area (Å²) in [5.74, 6) is 4.05. The van der Waals surface area contributed by atoms with Gasteiger partial charge in [0.05, 0.1) is 4.58 Å². The Kier molecular flexibility index (Phi) is 9.81. The highest BCUT2D eigenvalue weighted by Gasteiger charge is 2.33. The van der Waals surface area contributed by atoms with E-state index in [2.05, 4.69) is 32.1 Å². The molecule has 6 heteroatoms. The largest absolute Gasteiger partial charge is 0.461 e. The fourth-order valence-electron chi connectivity index (χ4n) is 4.95. The number of hydrogen-bond acceptors (Lipinski definition) is 6. The Labute approximate surface area is 207 Å². The summed E-state index contributed by atoms with van der Waals surface area (Å²) in [6.45, 7) is 9.95. The highest BCUT2D eigenvalue weighted by atomic mass is 32.2. The van der Waals surface area contributed by atoms with Crippen molar-refractivity contribution in [2.24, 2.45) is 5.92 Å². The first-order valence-electron chi connectivity index (χ1n) is 12.1. The van der Waals surface area contributed by atoms with Gasteiger partial charge in [-0.15, -0.1) is 23.5 Å². The normalized spacial score (nSPS) is 22.4. The Bertz CT molecular complexity index is 873. The van der Waals surface area contributed by atoms with E-state index in [4.69, 9.17) is 9.47 Å². The average Bonchev–Trinajstić information content (AvgIpc) is 2.77. The Morgan fingerprint density at radius 2 is 1.85 bits per heavy atom. The fraction of sp³-hybridized carbons (Fsp3) is 0.630. The van der Waals surface area contributed by atoms with Crippen LogP contribution in [-0.4, -0.2) is 30.1 Å². The Balaban J connectivity index is 1.84. The summed E-state index contributed by atoms with van der Waals surface area (Å²) >= 11 is 4.02. The van der Waals surface area contributed by atoms with Crippen LogP contribution in [-0.2, 0) is 14.3 Å². The zero-order valence-corrected chi connectivity index (χ0v) is 22.3. The van der Waals surface area contributed by atoms with Gasteiger partial charge in [0.15, 0.2) is 0 Å². The molecular weight excluding hydrogens is 452 g/mol. The van der Waals surface area contributed by atoms with Gasteiger partial charge in [0.2, 0.25) is 0 Å². The molecule has 1 heterocycles. The number of esters is 2. The van der Waals surface area contributed by atoms with E-state index in [0.29, 0.717) is 28.9 Å². The molecule has 2 aliphatic rings. The van der Waals surface area contributed by atoms with Crippen LogP contribution >= 0.6 is 23.5 Å². The zero-order valence-electron chi connectivity index (χ0n) is 20.6. The van der Waals surface area contributed by atoms with Crippen molar-refractivity contribution in [1.29, 1.82) is 0 Å². The number of carbonyl (C=O) groups is 2. The van der Waals surface area contributed by atoms with Gasteiger partial charge in [-0.25, -0.2) is 0 Å². The molecule has 1 fully saturated rings. The molecule has 182 valence electrons. The lowest BCUT2D eigenvalue weighted by molar-refractivity contribution is -0.140. The standard InChI is InChI=1S/C27H38O4S2/c1-17(16-30-20(4)28)8-6-9-18(2)23-11-10-19(3)26-24(23)14-22(15-25(26)31-21(5)29)27-32-12-7-13-33-27/h8,14-15,18-19,23,27H,6-7,9-13,16H2,1-5H3/b17-8+/t18-,19+,23-/m1/s1. The summed E-state index contributed by atoms with van der Waals surface area (Å²) in [7, 11) is 0. The third-order valence-corrected chi connectivity index (χ3v) is 9.67. The van der Waals surface area contributed by atoms with Gasteiger partial charge in [-0.1, -0.05) is 26.0 Å². The van der Waals surface area contributed by atoms with Crippen molar-refractivity contribution in [2.45, 2.75) is 83.1 Å². The van der Waals surface area contributed by atoms with E-state index < -0.39 is 0 Å². The molecule has 1 saturated heterocycles. The molecule has 0 unspecified atom stereocenters. The number of allylic oxidation sites excluding steroid dienone is 1. The lowest BCUT2D eigenvalue weighted by atomic mass is 9.71. The molecule has 0 amide bonds. The smallest absolute Gasteiger partial charge is 0.308 e. The van der Waals surface area contributed by atoms with Crippen molar-refractivity contribution in [2.75, 3.05) is 18.1 Å². The van der Waals surface area contributed by atoms with Crippen LogP contribution in [0.3, 0.4) is 0 Å². The van der Waals surface area contributed by atoms with Gasteiger partial charge >= 0.3 is 11.9 Å². The number of hydrogen-bond donors (Lipinski definition) is 0. The van der Waals surface area contributed by atoms with Crippen LogP contribution in [0.2, 0.25) is 0 Å². The van der Waals surface area contributed by atoms with Gasteiger partial charge in [0.1, 0.15) is 12.4 Å². The minimum absolute atomic E-state index is 0.238. The number of benzene rings is 1. The molecule has 0 saturated carbocycles. The molecule has 0 bridgehead atoms. The molecule has 0 spiro atoms. The average molecular weight is 491 g/mol. The maximum absolute atomic E-state index is 11.9. The molecule has 33 heavy (non-hydrogen) atoms.